The van der Waals surface area contributed by atoms with Gasteiger partial charge in [0.2, 0.25) is 0 Å². The number of carbonyl (C=O) groups is 1. The van der Waals surface area contributed by atoms with Crippen LogP contribution in [0.4, 0.5) is 4.39 Å². The van der Waals surface area contributed by atoms with E-state index in [1.165, 1.54) is 35.3 Å². The van der Waals surface area contributed by atoms with Gasteiger partial charge in [0, 0.05) is 6.54 Å². The zero-order valence-corrected chi connectivity index (χ0v) is 13.5. The summed E-state index contributed by atoms with van der Waals surface area (Å²) in [7, 11) is 0. The van der Waals surface area contributed by atoms with E-state index >= 15 is 0 Å². The summed E-state index contributed by atoms with van der Waals surface area (Å²) < 4.78 is 12.9. The van der Waals surface area contributed by atoms with Crippen molar-refractivity contribution >= 4 is 5.91 Å². The third-order valence-electron chi connectivity index (χ3n) is 4.06. The Balaban J connectivity index is 2.03. The third-order valence-corrected chi connectivity index (χ3v) is 4.06. The van der Waals surface area contributed by atoms with E-state index in [-0.39, 0.29) is 24.0 Å². The fourth-order valence-electron chi connectivity index (χ4n) is 2.03. The maximum absolute atomic E-state index is 12.9. The smallest absolute Gasteiger partial charge is 0.273 e. The molecule has 2 N–H and O–H groups in total. The van der Waals surface area contributed by atoms with Crippen molar-refractivity contribution in [1.29, 1.82) is 0 Å². The fraction of sp³-hybridized carbons (Fsp3) is 0.438. The van der Waals surface area contributed by atoms with Crippen molar-refractivity contribution in [3.8, 4) is 5.69 Å². The molecule has 0 spiro atoms. The minimum atomic E-state index is -0.989. The van der Waals surface area contributed by atoms with Gasteiger partial charge in [-0.05, 0) is 37.1 Å². The molecule has 0 aliphatic rings. The number of hydrogen-bond donors (Lipinski definition) is 2. The minimum absolute atomic E-state index is 0.0534. The molecule has 2 unspecified atom stereocenters. The van der Waals surface area contributed by atoms with Crippen LogP contribution in [0.25, 0.3) is 5.69 Å². The lowest BCUT2D eigenvalue weighted by molar-refractivity contribution is 0.00587. The molecule has 0 saturated heterocycles. The quantitative estimate of drug-likeness (QED) is 0.852. The lowest BCUT2D eigenvalue weighted by atomic mass is 9.88. The van der Waals surface area contributed by atoms with Crippen molar-refractivity contribution in [1.82, 2.24) is 20.3 Å². The molecule has 0 fully saturated rings. The first-order valence-electron chi connectivity index (χ1n) is 7.52. The summed E-state index contributed by atoms with van der Waals surface area (Å²) in [4.78, 5) is 13.4. The summed E-state index contributed by atoms with van der Waals surface area (Å²) in [6.07, 6.45) is 2.14. The van der Waals surface area contributed by atoms with E-state index in [1.807, 2.05) is 13.8 Å². The molecule has 0 radical (unpaired) electrons. The molecule has 0 saturated carbocycles. The highest BCUT2D eigenvalue weighted by Crippen LogP contribution is 2.18. The van der Waals surface area contributed by atoms with Crippen LogP contribution in [-0.4, -0.2) is 38.2 Å². The van der Waals surface area contributed by atoms with Crippen molar-refractivity contribution < 1.29 is 14.3 Å². The summed E-state index contributed by atoms with van der Waals surface area (Å²) in [5, 5.41) is 21.0. The zero-order valence-electron chi connectivity index (χ0n) is 13.5. The second-order valence-corrected chi connectivity index (χ2v) is 5.84. The zero-order chi connectivity index (χ0) is 17.0. The van der Waals surface area contributed by atoms with Gasteiger partial charge in [-0.2, -0.15) is 9.90 Å². The molecule has 0 aliphatic heterocycles. The molecule has 2 rings (SSSR count). The van der Waals surface area contributed by atoms with Gasteiger partial charge in [-0.1, -0.05) is 20.3 Å². The van der Waals surface area contributed by atoms with Gasteiger partial charge >= 0.3 is 0 Å². The second-order valence-electron chi connectivity index (χ2n) is 5.84. The molecule has 1 amide bonds. The molecular formula is C16H21FN4O2. The van der Waals surface area contributed by atoms with E-state index in [4.69, 9.17) is 0 Å². The average Bonchev–Trinajstić information content (AvgIpc) is 3.02. The molecule has 23 heavy (non-hydrogen) atoms. The first kappa shape index (κ1) is 17.1. The van der Waals surface area contributed by atoms with Gasteiger partial charge in [-0.3, -0.25) is 4.79 Å². The van der Waals surface area contributed by atoms with Crippen LogP contribution in [0.2, 0.25) is 0 Å². The van der Waals surface area contributed by atoms with Crippen molar-refractivity contribution in [2.24, 2.45) is 5.92 Å². The van der Waals surface area contributed by atoms with Crippen LogP contribution in [-0.2, 0) is 0 Å². The molecule has 2 aromatic rings. The van der Waals surface area contributed by atoms with E-state index < -0.39 is 11.5 Å². The molecular weight excluding hydrogens is 299 g/mol. The molecule has 1 aromatic carbocycles. The van der Waals surface area contributed by atoms with E-state index in [9.17, 15) is 14.3 Å². The standard InChI is InChI=1S/C16H21FN4O2/c1-4-11(2)16(3,23)10-18-15(22)14-9-19-21(20-14)13-7-5-12(17)6-8-13/h5-9,11,23H,4,10H2,1-3H3,(H,18,22). The molecule has 6 nitrogen and oxygen atoms in total. The van der Waals surface area contributed by atoms with Gasteiger partial charge in [0.15, 0.2) is 5.69 Å². The van der Waals surface area contributed by atoms with Crippen LogP contribution < -0.4 is 5.32 Å². The highest BCUT2D eigenvalue weighted by Gasteiger charge is 2.28. The highest BCUT2D eigenvalue weighted by molar-refractivity contribution is 5.91. The molecule has 0 aliphatic carbocycles. The number of carbonyl (C=O) groups excluding carboxylic acids is 1. The summed E-state index contributed by atoms with van der Waals surface area (Å²) in [6, 6.07) is 5.62. The van der Waals surface area contributed by atoms with E-state index in [2.05, 4.69) is 15.5 Å². The Morgan fingerprint density at radius 1 is 1.43 bits per heavy atom. The summed E-state index contributed by atoms with van der Waals surface area (Å²) in [5.41, 5.74) is -0.302. The maximum atomic E-state index is 12.9. The molecule has 1 aromatic heterocycles. The van der Waals surface area contributed by atoms with E-state index in [1.54, 1.807) is 6.92 Å². The molecule has 7 heteroatoms. The molecule has 124 valence electrons. The van der Waals surface area contributed by atoms with Gasteiger partial charge in [0.25, 0.3) is 5.91 Å². The Morgan fingerprint density at radius 2 is 2.09 bits per heavy atom. The van der Waals surface area contributed by atoms with Gasteiger partial charge in [-0.15, -0.1) is 5.10 Å². The summed E-state index contributed by atoms with van der Waals surface area (Å²) in [6.45, 7) is 5.73. The first-order chi connectivity index (χ1) is 10.8. The van der Waals surface area contributed by atoms with Crippen LogP contribution in [0.3, 0.4) is 0 Å². The number of hydrogen-bond acceptors (Lipinski definition) is 4. The number of nitrogens with zero attached hydrogens (tertiary/aromatic N) is 3. The van der Waals surface area contributed by atoms with Crippen LogP contribution in [0, 0.1) is 11.7 Å². The van der Waals surface area contributed by atoms with Gasteiger partial charge in [0.05, 0.1) is 17.5 Å². The van der Waals surface area contributed by atoms with E-state index in [0.717, 1.165) is 6.42 Å². The average molecular weight is 320 g/mol. The lowest BCUT2D eigenvalue weighted by Gasteiger charge is -2.29. The van der Waals surface area contributed by atoms with Crippen molar-refractivity contribution in [3.05, 3.63) is 42.0 Å². The van der Waals surface area contributed by atoms with Crippen molar-refractivity contribution in [2.45, 2.75) is 32.8 Å². The van der Waals surface area contributed by atoms with E-state index in [0.29, 0.717) is 5.69 Å². The Morgan fingerprint density at radius 3 is 2.70 bits per heavy atom. The number of halogens is 1. The second kappa shape index (κ2) is 6.87. The summed E-state index contributed by atoms with van der Waals surface area (Å²) >= 11 is 0. The maximum Gasteiger partial charge on any atom is 0.273 e. The lowest BCUT2D eigenvalue weighted by Crippen LogP contribution is -2.45. The van der Waals surface area contributed by atoms with Crippen LogP contribution in [0.1, 0.15) is 37.7 Å². The van der Waals surface area contributed by atoms with Crippen LogP contribution in [0.15, 0.2) is 30.5 Å². The number of nitrogens with one attached hydrogen (secondary N) is 1. The number of amides is 1. The van der Waals surface area contributed by atoms with Crippen molar-refractivity contribution in [3.63, 3.8) is 0 Å². The van der Waals surface area contributed by atoms with Crippen LogP contribution in [0.5, 0.6) is 0 Å². The number of aliphatic hydroxyl groups is 1. The third kappa shape index (κ3) is 4.13. The number of benzene rings is 1. The van der Waals surface area contributed by atoms with Gasteiger partial charge in [-0.25, -0.2) is 4.39 Å². The monoisotopic (exact) mass is 320 g/mol. The fourth-order valence-corrected chi connectivity index (χ4v) is 2.03. The summed E-state index contributed by atoms with van der Waals surface area (Å²) in [5.74, 6) is -0.717. The largest absolute Gasteiger partial charge is 0.388 e. The Kier molecular flexibility index (Phi) is 5.10. The Labute approximate surface area is 134 Å². The van der Waals surface area contributed by atoms with Crippen molar-refractivity contribution in [2.75, 3.05) is 6.54 Å². The predicted molar refractivity (Wildman–Crippen MR) is 83.7 cm³/mol. The molecule has 0 bridgehead atoms. The predicted octanol–water partition coefficient (Wildman–Crippen LogP) is 1.93. The SMILES string of the molecule is CCC(C)C(C)(O)CNC(=O)c1cnn(-c2ccc(F)cc2)n1. The number of rotatable bonds is 6. The Bertz CT molecular complexity index is 667. The van der Waals surface area contributed by atoms with Gasteiger partial charge in [0.1, 0.15) is 5.82 Å². The highest BCUT2D eigenvalue weighted by atomic mass is 19.1. The topological polar surface area (TPSA) is 80.0 Å². The molecule has 2 atom stereocenters. The van der Waals surface area contributed by atoms with Gasteiger partial charge < -0.3 is 10.4 Å². The molecule has 1 heterocycles. The first-order valence-corrected chi connectivity index (χ1v) is 7.52. The number of aromatic nitrogens is 3. The van der Waals surface area contributed by atoms with Crippen LogP contribution >= 0.6 is 0 Å². The minimum Gasteiger partial charge on any atom is -0.388 e. The Hall–Kier alpha value is -2.28. The normalized spacial score (nSPS) is 15.0.